The van der Waals surface area contributed by atoms with Gasteiger partial charge in [-0.1, -0.05) is 12.1 Å². The fourth-order valence-electron chi connectivity index (χ4n) is 4.11. The summed E-state index contributed by atoms with van der Waals surface area (Å²) in [4.78, 5) is 14.3. The Bertz CT molecular complexity index is 975. The van der Waals surface area contributed by atoms with E-state index in [0.29, 0.717) is 18.2 Å². The van der Waals surface area contributed by atoms with Crippen LogP contribution in [0.5, 0.6) is 0 Å². The second-order valence-electron chi connectivity index (χ2n) is 8.22. The summed E-state index contributed by atoms with van der Waals surface area (Å²) in [6.07, 6.45) is 4.15. The second kappa shape index (κ2) is 8.81. The minimum Gasteiger partial charge on any atom is -0.364 e. The molecule has 1 aliphatic heterocycles. The number of nitrogens with one attached hydrogen (secondary N) is 1. The number of rotatable bonds is 8. The Kier molecular flexibility index (Phi) is 6.60. The lowest BCUT2D eigenvalue weighted by atomic mass is 9.88. The number of primary amides is 1. The maximum Gasteiger partial charge on any atom is 0.269 e. The SMILES string of the molecule is CC(C)n1nc(C(N)=O)c2c(CC3CCN(CCNS(C)(=O)=O)CC3)cccc21. The molecule has 2 heterocycles. The predicted octanol–water partition coefficient (Wildman–Crippen LogP) is 1.52. The number of carbonyl (C=O) groups is 1. The zero-order valence-electron chi connectivity index (χ0n) is 17.4. The fraction of sp³-hybridized carbons (Fsp3) is 0.600. The van der Waals surface area contributed by atoms with E-state index in [-0.39, 0.29) is 6.04 Å². The quantitative estimate of drug-likeness (QED) is 0.671. The van der Waals surface area contributed by atoms with E-state index in [2.05, 4.69) is 20.8 Å². The highest BCUT2D eigenvalue weighted by molar-refractivity contribution is 7.88. The molecule has 1 aliphatic rings. The molecule has 0 saturated carbocycles. The van der Waals surface area contributed by atoms with Crippen molar-refractivity contribution in [2.75, 3.05) is 32.4 Å². The normalized spacial score (nSPS) is 16.7. The smallest absolute Gasteiger partial charge is 0.269 e. The molecule has 0 aliphatic carbocycles. The molecular weight excluding hydrogens is 390 g/mol. The molecule has 8 nitrogen and oxygen atoms in total. The van der Waals surface area contributed by atoms with Gasteiger partial charge in [-0.05, 0) is 63.7 Å². The van der Waals surface area contributed by atoms with Crippen LogP contribution in [0.15, 0.2) is 18.2 Å². The number of benzene rings is 1. The van der Waals surface area contributed by atoms with Crippen molar-refractivity contribution in [2.45, 2.75) is 39.2 Å². The first-order valence-electron chi connectivity index (χ1n) is 10.1. The molecule has 0 atom stereocenters. The number of amides is 1. The highest BCUT2D eigenvalue weighted by Gasteiger charge is 2.23. The van der Waals surface area contributed by atoms with E-state index in [4.69, 9.17) is 5.73 Å². The predicted molar refractivity (Wildman–Crippen MR) is 114 cm³/mol. The molecule has 160 valence electrons. The number of nitrogens with zero attached hydrogens (tertiary/aromatic N) is 3. The van der Waals surface area contributed by atoms with Crippen LogP contribution in [0, 0.1) is 5.92 Å². The van der Waals surface area contributed by atoms with E-state index in [1.807, 2.05) is 30.7 Å². The number of carbonyl (C=O) groups excluding carboxylic acids is 1. The summed E-state index contributed by atoms with van der Waals surface area (Å²) in [5.41, 5.74) is 8.06. The van der Waals surface area contributed by atoms with Crippen molar-refractivity contribution in [3.63, 3.8) is 0 Å². The molecule has 9 heteroatoms. The first kappa shape index (κ1) is 21.7. The Hall–Kier alpha value is -1.97. The zero-order valence-corrected chi connectivity index (χ0v) is 18.2. The van der Waals surface area contributed by atoms with Gasteiger partial charge in [-0.2, -0.15) is 5.10 Å². The van der Waals surface area contributed by atoms with Gasteiger partial charge in [0.1, 0.15) is 0 Å². The average Bonchev–Trinajstić information content (AvgIpc) is 3.03. The molecule has 0 unspecified atom stereocenters. The molecule has 29 heavy (non-hydrogen) atoms. The van der Waals surface area contributed by atoms with Crippen molar-refractivity contribution in [1.29, 1.82) is 0 Å². The van der Waals surface area contributed by atoms with Crippen LogP contribution >= 0.6 is 0 Å². The van der Waals surface area contributed by atoms with Crippen molar-refractivity contribution < 1.29 is 13.2 Å². The van der Waals surface area contributed by atoms with Crippen molar-refractivity contribution in [2.24, 2.45) is 11.7 Å². The Morgan fingerprint density at radius 3 is 2.59 bits per heavy atom. The largest absolute Gasteiger partial charge is 0.364 e. The highest BCUT2D eigenvalue weighted by Crippen LogP contribution is 2.29. The van der Waals surface area contributed by atoms with Gasteiger partial charge in [0, 0.05) is 24.5 Å². The monoisotopic (exact) mass is 421 g/mol. The third-order valence-electron chi connectivity index (χ3n) is 5.55. The molecule has 2 aromatic rings. The zero-order chi connectivity index (χ0) is 21.2. The highest BCUT2D eigenvalue weighted by atomic mass is 32.2. The maximum absolute atomic E-state index is 12.0. The van der Waals surface area contributed by atoms with Gasteiger partial charge in [-0.3, -0.25) is 9.48 Å². The van der Waals surface area contributed by atoms with Crippen LogP contribution in [0.1, 0.15) is 48.8 Å². The lowest BCUT2D eigenvalue weighted by molar-refractivity contribution is 0.0996. The van der Waals surface area contributed by atoms with Gasteiger partial charge in [0.2, 0.25) is 10.0 Å². The minimum absolute atomic E-state index is 0.143. The van der Waals surface area contributed by atoms with Gasteiger partial charge in [-0.25, -0.2) is 13.1 Å². The van der Waals surface area contributed by atoms with Crippen molar-refractivity contribution >= 4 is 26.8 Å². The number of nitrogens with two attached hydrogens (primary N) is 1. The summed E-state index contributed by atoms with van der Waals surface area (Å²) in [5.74, 6) is 0.0258. The topological polar surface area (TPSA) is 110 Å². The third kappa shape index (κ3) is 5.34. The number of likely N-dealkylation sites (tertiary alicyclic amines) is 1. The van der Waals surface area contributed by atoms with E-state index >= 15 is 0 Å². The Labute approximate surface area is 172 Å². The lowest BCUT2D eigenvalue weighted by Gasteiger charge is -2.32. The number of aromatic nitrogens is 2. The van der Waals surface area contributed by atoms with Crippen LogP contribution in [0.25, 0.3) is 10.9 Å². The van der Waals surface area contributed by atoms with Crippen molar-refractivity contribution in [3.05, 3.63) is 29.5 Å². The van der Waals surface area contributed by atoms with Crippen molar-refractivity contribution in [1.82, 2.24) is 19.4 Å². The average molecular weight is 422 g/mol. The number of piperidine rings is 1. The molecule has 3 rings (SSSR count). The molecule has 0 bridgehead atoms. The van der Waals surface area contributed by atoms with Crippen LogP contribution in [0.4, 0.5) is 0 Å². The molecule has 1 aromatic carbocycles. The summed E-state index contributed by atoms with van der Waals surface area (Å²) in [5, 5.41) is 5.37. The lowest BCUT2D eigenvalue weighted by Crippen LogP contribution is -2.39. The third-order valence-corrected chi connectivity index (χ3v) is 6.28. The summed E-state index contributed by atoms with van der Waals surface area (Å²) < 4.78 is 26.8. The fourth-order valence-corrected chi connectivity index (χ4v) is 4.58. The summed E-state index contributed by atoms with van der Waals surface area (Å²) in [7, 11) is -3.13. The maximum atomic E-state index is 12.0. The number of fused-ring (bicyclic) bond motifs is 1. The Balaban J connectivity index is 1.69. The minimum atomic E-state index is -3.13. The molecule has 0 radical (unpaired) electrons. The van der Waals surface area contributed by atoms with Crippen LogP contribution < -0.4 is 10.5 Å². The molecule has 1 aromatic heterocycles. The van der Waals surface area contributed by atoms with E-state index in [1.54, 1.807) is 0 Å². The van der Waals surface area contributed by atoms with E-state index < -0.39 is 15.9 Å². The number of hydrogen-bond donors (Lipinski definition) is 2. The van der Waals surface area contributed by atoms with Gasteiger partial charge >= 0.3 is 0 Å². The van der Waals surface area contributed by atoms with Gasteiger partial charge in [0.05, 0.1) is 11.8 Å². The summed E-state index contributed by atoms with van der Waals surface area (Å²) in [6.45, 7) is 7.14. The molecule has 1 saturated heterocycles. The molecular formula is C20H31N5O3S. The van der Waals surface area contributed by atoms with Crippen LogP contribution in [0.2, 0.25) is 0 Å². The Morgan fingerprint density at radius 2 is 2.00 bits per heavy atom. The van der Waals surface area contributed by atoms with Crippen molar-refractivity contribution in [3.8, 4) is 0 Å². The molecule has 1 amide bonds. The van der Waals surface area contributed by atoms with Crippen LogP contribution in [0.3, 0.4) is 0 Å². The summed E-state index contributed by atoms with van der Waals surface area (Å²) in [6, 6.07) is 6.23. The molecule has 0 spiro atoms. The first-order chi connectivity index (χ1) is 13.7. The second-order valence-corrected chi connectivity index (χ2v) is 10.1. The van der Waals surface area contributed by atoms with Crippen LogP contribution in [-0.4, -0.2) is 61.4 Å². The molecule has 1 fully saturated rings. The van der Waals surface area contributed by atoms with Gasteiger partial charge in [-0.15, -0.1) is 0 Å². The van der Waals surface area contributed by atoms with Crippen LogP contribution in [-0.2, 0) is 16.4 Å². The number of hydrogen-bond acceptors (Lipinski definition) is 5. The van der Waals surface area contributed by atoms with Gasteiger partial charge < -0.3 is 10.6 Å². The van der Waals surface area contributed by atoms with E-state index in [9.17, 15) is 13.2 Å². The standard InChI is InChI=1S/C20H31N5O3S/c1-14(2)25-17-6-4-5-16(18(17)19(23-25)20(21)26)13-15-7-10-24(11-8-15)12-9-22-29(3,27)28/h4-6,14-15,22H,7-13H2,1-3H3,(H2,21,26). The van der Waals surface area contributed by atoms with Gasteiger partial charge in [0.15, 0.2) is 5.69 Å². The first-order valence-corrected chi connectivity index (χ1v) is 12.0. The van der Waals surface area contributed by atoms with E-state index in [0.717, 1.165) is 55.4 Å². The van der Waals surface area contributed by atoms with Gasteiger partial charge in [0.25, 0.3) is 5.91 Å². The Morgan fingerprint density at radius 1 is 1.31 bits per heavy atom. The van der Waals surface area contributed by atoms with E-state index in [1.165, 1.54) is 6.26 Å². The number of sulfonamides is 1. The molecule has 3 N–H and O–H groups in total. The summed E-state index contributed by atoms with van der Waals surface area (Å²) >= 11 is 0.